The monoisotopic (exact) mass is 502 g/mol. The third-order valence-corrected chi connectivity index (χ3v) is 6.43. The first-order chi connectivity index (χ1) is 18.2. The molecule has 0 amide bonds. The standard InChI is InChI=1S/C30H31FN2O4/c1-34-29-20-24-26(21-30(29)36-15-5-12-33-13-16-35-17-14-33)32-11-10-27(24)37-28-9-8-23(19-25(28)31)18-22-6-3-2-4-7-22/h2-4,6-11,19-21H,5,12-18H2,1H3. The molecule has 192 valence electrons. The molecule has 0 spiro atoms. The summed E-state index contributed by atoms with van der Waals surface area (Å²) in [6.07, 6.45) is 3.20. The molecule has 0 unspecified atom stereocenters. The van der Waals surface area contributed by atoms with Crippen LogP contribution in [0.15, 0.2) is 72.9 Å². The van der Waals surface area contributed by atoms with Crippen molar-refractivity contribution < 1.29 is 23.3 Å². The van der Waals surface area contributed by atoms with Crippen molar-refractivity contribution in [2.24, 2.45) is 0 Å². The number of pyridine rings is 1. The number of nitrogens with zero attached hydrogens (tertiary/aromatic N) is 2. The van der Waals surface area contributed by atoms with E-state index in [4.69, 9.17) is 18.9 Å². The van der Waals surface area contributed by atoms with Crippen molar-refractivity contribution >= 4 is 10.9 Å². The molecule has 3 aromatic carbocycles. The van der Waals surface area contributed by atoms with Crippen molar-refractivity contribution in [1.82, 2.24) is 9.88 Å². The Morgan fingerprint density at radius 2 is 1.73 bits per heavy atom. The summed E-state index contributed by atoms with van der Waals surface area (Å²) in [5.41, 5.74) is 2.69. The first-order valence-electron chi connectivity index (χ1n) is 12.6. The molecular weight excluding hydrogens is 471 g/mol. The van der Waals surface area contributed by atoms with Crippen LogP contribution in [0.3, 0.4) is 0 Å². The summed E-state index contributed by atoms with van der Waals surface area (Å²) in [5.74, 6) is 1.45. The van der Waals surface area contributed by atoms with Crippen molar-refractivity contribution in [3.05, 3.63) is 89.9 Å². The smallest absolute Gasteiger partial charge is 0.166 e. The molecule has 0 radical (unpaired) electrons. The number of morpholine rings is 1. The highest BCUT2D eigenvalue weighted by atomic mass is 19.1. The summed E-state index contributed by atoms with van der Waals surface area (Å²) in [6, 6.07) is 20.5. The Morgan fingerprint density at radius 1 is 0.892 bits per heavy atom. The van der Waals surface area contributed by atoms with E-state index in [1.54, 1.807) is 25.4 Å². The van der Waals surface area contributed by atoms with Gasteiger partial charge in [-0.05, 0) is 48.2 Å². The lowest BCUT2D eigenvalue weighted by molar-refractivity contribution is 0.0357. The van der Waals surface area contributed by atoms with Crippen molar-refractivity contribution in [3.63, 3.8) is 0 Å². The van der Waals surface area contributed by atoms with E-state index in [0.717, 1.165) is 50.4 Å². The summed E-state index contributed by atoms with van der Waals surface area (Å²) >= 11 is 0. The molecule has 0 N–H and O–H groups in total. The highest BCUT2D eigenvalue weighted by molar-refractivity contribution is 5.88. The molecule has 0 aliphatic carbocycles. The lowest BCUT2D eigenvalue weighted by Crippen LogP contribution is -2.37. The highest BCUT2D eigenvalue weighted by Crippen LogP contribution is 2.37. The highest BCUT2D eigenvalue weighted by Gasteiger charge is 2.15. The molecule has 0 bridgehead atoms. The van der Waals surface area contributed by atoms with Crippen LogP contribution in [0.4, 0.5) is 4.39 Å². The Kier molecular flexibility index (Phi) is 8.13. The second-order valence-corrected chi connectivity index (χ2v) is 9.01. The van der Waals surface area contributed by atoms with Crippen LogP contribution in [0.2, 0.25) is 0 Å². The maximum absolute atomic E-state index is 15.0. The van der Waals surface area contributed by atoms with Gasteiger partial charge in [-0.1, -0.05) is 36.4 Å². The van der Waals surface area contributed by atoms with Gasteiger partial charge in [-0.2, -0.15) is 0 Å². The molecule has 2 heterocycles. The lowest BCUT2D eigenvalue weighted by atomic mass is 10.0. The Hall–Kier alpha value is -3.68. The van der Waals surface area contributed by atoms with Gasteiger partial charge in [0.15, 0.2) is 23.1 Å². The fraction of sp³-hybridized carbons (Fsp3) is 0.300. The third kappa shape index (κ3) is 6.37. The van der Waals surface area contributed by atoms with Crippen LogP contribution < -0.4 is 14.2 Å². The molecule has 1 saturated heterocycles. The van der Waals surface area contributed by atoms with Crippen molar-refractivity contribution in [2.45, 2.75) is 12.8 Å². The Morgan fingerprint density at radius 3 is 2.51 bits per heavy atom. The van der Waals surface area contributed by atoms with E-state index in [-0.39, 0.29) is 5.75 Å². The average Bonchev–Trinajstić information content (AvgIpc) is 2.93. The number of methoxy groups -OCH3 is 1. The Balaban J connectivity index is 1.29. The quantitative estimate of drug-likeness (QED) is 0.253. The third-order valence-electron chi connectivity index (χ3n) is 6.43. The molecule has 0 saturated carbocycles. The van der Waals surface area contributed by atoms with Crippen molar-refractivity contribution in [2.75, 3.05) is 46.6 Å². The number of ether oxygens (including phenoxy) is 4. The summed E-state index contributed by atoms with van der Waals surface area (Å²) < 4.78 is 38.0. The average molecular weight is 503 g/mol. The second kappa shape index (κ2) is 12.0. The van der Waals surface area contributed by atoms with Gasteiger partial charge in [-0.25, -0.2) is 4.39 Å². The molecule has 5 rings (SSSR count). The fourth-order valence-electron chi connectivity index (χ4n) is 4.47. The minimum atomic E-state index is -0.412. The summed E-state index contributed by atoms with van der Waals surface area (Å²) in [4.78, 5) is 6.85. The maximum atomic E-state index is 15.0. The minimum absolute atomic E-state index is 0.159. The molecular formula is C30H31FN2O4. The van der Waals surface area contributed by atoms with Crippen LogP contribution in [-0.4, -0.2) is 56.4 Å². The van der Waals surface area contributed by atoms with Gasteiger partial charge in [0.1, 0.15) is 5.75 Å². The van der Waals surface area contributed by atoms with Crippen molar-refractivity contribution in [3.8, 4) is 23.0 Å². The summed E-state index contributed by atoms with van der Waals surface area (Å²) in [5, 5.41) is 0.716. The minimum Gasteiger partial charge on any atom is -0.493 e. The molecule has 1 aliphatic heterocycles. The molecule has 1 aromatic heterocycles. The SMILES string of the molecule is COc1cc2c(Oc3ccc(Cc4ccccc4)cc3F)ccnc2cc1OCCCN1CCOCC1. The maximum Gasteiger partial charge on any atom is 0.166 e. The number of halogens is 1. The molecule has 0 atom stereocenters. The number of fused-ring (bicyclic) bond motifs is 1. The zero-order chi connectivity index (χ0) is 25.5. The van der Waals surface area contributed by atoms with Crippen LogP contribution in [0.25, 0.3) is 10.9 Å². The molecule has 1 fully saturated rings. The zero-order valence-electron chi connectivity index (χ0n) is 21.0. The van der Waals surface area contributed by atoms with E-state index in [0.29, 0.717) is 41.2 Å². The van der Waals surface area contributed by atoms with E-state index in [2.05, 4.69) is 9.88 Å². The van der Waals surface area contributed by atoms with E-state index >= 15 is 0 Å². The van der Waals surface area contributed by atoms with Gasteiger partial charge in [-0.15, -0.1) is 0 Å². The number of benzene rings is 3. The molecule has 6 nitrogen and oxygen atoms in total. The van der Waals surface area contributed by atoms with E-state index in [1.165, 1.54) is 6.07 Å². The number of hydrogen-bond acceptors (Lipinski definition) is 6. The topological polar surface area (TPSA) is 53.0 Å². The van der Waals surface area contributed by atoms with E-state index in [9.17, 15) is 4.39 Å². The van der Waals surface area contributed by atoms with Crippen molar-refractivity contribution in [1.29, 1.82) is 0 Å². The largest absolute Gasteiger partial charge is 0.493 e. The predicted octanol–water partition coefficient (Wildman–Crippen LogP) is 5.87. The zero-order valence-corrected chi connectivity index (χ0v) is 21.0. The van der Waals surface area contributed by atoms with Crippen LogP contribution in [0.1, 0.15) is 17.5 Å². The van der Waals surface area contributed by atoms with E-state index in [1.807, 2.05) is 48.5 Å². The van der Waals surface area contributed by atoms with E-state index < -0.39 is 5.82 Å². The first-order valence-corrected chi connectivity index (χ1v) is 12.6. The molecule has 1 aliphatic rings. The lowest BCUT2D eigenvalue weighted by Gasteiger charge is -2.26. The van der Waals surface area contributed by atoms with Gasteiger partial charge in [0, 0.05) is 37.3 Å². The van der Waals surface area contributed by atoms with Gasteiger partial charge in [0.05, 0.1) is 32.4 Å². The molecule has 37 heavy (non-hydrogen) atoms. The first kappa shape index (κ1) is 25.0. The number of rotatable bonds is 10. The van der Waals surface area contributed by atoms with Gasteiger partial charge in [0.25, 0.3) is 0 Å². The van der Waals surface area contributed by atoms with Gasteiger partial charge >= 0.3 is 0 Å². The Labute approximate surface area is 216 Å². The van der Waals surface area contributed by atoms with Crippen LogP contribution in [0.5, 0.6) is 23.0 Å². The summed E-state index contributed by atoms with van der Waals surface area (Å²) in [7, 11) is 1.60. The summed E-state index contributed by atoms with van der Waals surface area (Å²) in [6.45, 7) is 5.03. The van der Waals surface area contributed by atoms with Gasteiger partial charge in [0.2, 0.25) is 0 Å². The van der Waals surface area contributed by atoms with Crippen LogP contribution in [-0.2, 0) is 11.2 Å². The van der Waals surface area contributed by atoms with Crippen LogP contribution >= 0.6 is 0 Å². The predicted molar refractivity (Wildman–Crippen MR) is 141 cm³/mol. The van der Waals surface area contributed by atoms with Gasteiger partial charge < -0.3 is 18.9 Å². The fourth-order valence-corrected chi connectivity index (χ4v) is 4.47. The molecule has 4 aromatic rings. The normalized spacial score (nSPS) is 14.0. The number of aromatic nitrogens is 1. The van der Waals surface area contributed by atoms with Gasteiger partial charge in [-0.3, -0.25) is 9.88 Å². The molecule has 7 heteroatoms. The second-order valence-electron chi connectivity index (χ2n) is 9.01. The van der Waals surface area contributed by atoms with Crippen LogP contribution in [0, 0.1) is 5.82 Å². The Bertz CT molecular complexity index is 1330. The number of hydrogen-bond donors (Lipinski definition) is 0.